The van der Waals surface area contributed by atoms with Crippen LogP contribution in [0.15, 0.2) is 48.5 Å². The normalized spacial score (nSPS) is 12.2. The molecule has 0 aliphatic heterocycles. The average molecular weight is 277 g/mol. The van der Waals surface area contributed by atoms with E-state index in [1.165, 1.54) is 0 Å². The van der Waals surface area contributed by atoms with Gasteiger partial charge in [0.25, 0.3) is 0 Å². The first kappa shape index (κ1) is 13.9. The summed E-state index contributed by atoms with van der Waals surface area (Å²) in [5.74, 6) is 0.812. The zero-order valence-corrected chi connectivity index (χ0v) is 11.6. The fraction of sp³-hybridized carbons (Fsp3) is 0.250. The summed E-state index contributed by atoms with van der Waals surface area (Å²) < 4.78 is 5.78. The first-order valence-electron chi connectivity index (χ1n) is 6.25. The predicted octanol–water partition coefficient (Wildman–Crippen LogP) is 3.80. The van der Waals surface area contributed by atoms with Crippen LogP contribution in [0, 0.1) is 6.92 Å². The highest BCUT2D eigenvalue weighted by atomic mass is 35.5. The number of hydrogen-bond acceptors (Lipinski definition) is 2. The van der Waals surface area contributed by atoms with Gasteiger partial charge in [-0.3, -0.25) is 0 Å². The Morgan fingerprint density at radius 1 is 1.11 bits per heavy atom. The number of ether oxygens (including phenoxy) is 1. The van der Waals surface area contributed by atoms with Gasteiger partial charge in [-0.25, -0.2) is 0 Å². The zero-order valence-electron chi connectivity index (χ0n) is 10.8. The van der Waals surface area contributed by atoms with E-state index in [0.29, 0.717) is 11.6 Å². The fourth-order valence-corrected chi connectivity index (χ4v) is 2.02. The summed E-state index contributed by atoms with van der Waals surface area (Å²) in [6.45, 7) is 2.50. The Morgan fingerprint density at radius 2 is 1.79 bits per heavy atom. The van der Waals surface area contributed by atoms with Crippen molar-refractivity contribution in [3.63, 3.8) is 0 Å². The molecule has 0 saturated carbocycles. The van der Waals surface area contributed by atoms with Crippen molar-refractivity contribution in [2.45, 2.75) is 12.8 Å². The molecule has 0 spiro atoms. The van der Waals surface area contributed by atoms with Gasteiger partial charge in [-0.2, -0.15) is 0 Å². The van der Waals surface area contributed by atoms with Gasteiger partial charge in [-0.15, -0.1) is 0 Å². The molecule has 0 aromatic heterocycles. The Morgan fingerprint density at radius 3 is 2.42 bits per heavy atom. The van der Waals surface area contributed by atoms with E-state index in [0.717, 1.165) is 16.9 Å². The molecule has 19 heavy (non-hydrogen) atoms. The first-order valence-corrected chi connectivity index (χ1v) is 6.63. The van der Waals surface area contributed by atoms with Gasteiger partial charge in [-0.05, 0) is 36.2 Å². The van der Waals surface area contributed by atoms with Gasteiger partial charge in [0.15, 0.2) is 0 Å². The van der Waals surface area contributed by atoms with Gasteiger partial charge in [0, 0.05) is 10.9 Å². The largest absolute Gasteiger partial charge is 0.493 e. The monoisotopic (exact) mass is 276 g/mol. The lowest BCUT2D eigenvalue weighted by Crippen LogP contribution is -2.14. The molecule has 1 atom stereocenters. The zero-order chi connectivity index (χ0) is 13.7. The van der Waals surface area contributed by atoms with Crippen molar-refractivity contribution < 1.29 is 9.84 Å². The number of hydrogen-bond donors (Lipinski definition) is 1. The van der Waals surface area contributed by atoms with Crippen LogP contribution in [0.1, 0.15) is 17.0 Å². The van der Waals surface area contributed by atoms with E-state index in [1.807, 2.05) is 55.5 Å². The number of aryl methyl sites for hydroxylation is 1. The molecule has 2 aromatic carbocycles. The second-order valence-corrected chi connectivity index (χ2v) is 4.94. The summed E-state index contributed by atoms with van der Waals surface area (Å²) in [5, 5.41) is 10.2. The molecule has 0 heterocycles. The first-order chi connectivity index (χ1) is 9.20. The van der Waals surface area contributed by atoms with Gasteiger partial charge in [-0.1, -0.05) is 41.9 Å². The van der Waals surface area contributed by atoms with Gasteiger partial charge < -0.3 is 9.84 Å². The van der Waals surface area contributed by atoms with Crippen LogP contribution in [-0.2, 0) is 0 Å². The van der Waals surface area contributed by atoms with Crippen LogP contribution in [0.3, 0.4) is 0 Å². The van der Waals surface area contributed by atoms with Crippen molar-refractivity contribution in [3.05, 3.63) is 64.7 Å². The third-order valence-electron chi connectivity index (χ3n) is 3.10. The molecule has 0 aliphatic rings. The van der Waals surface area contributed by atoms with Crippen molar-refractivity contribution in [2.24, 2.45) is 0 Å². The van der Waals surface area contributed by atoms with Crippen LogP contribution in [0.2, 0.25) is 5.02 Å². The predicted molar refractivity (Wildman–Crippen MR) is 78.0 cm³/mol. The number of aliphatic hydroxyl groups is 1. The van der Waals surface area contributed by atoms with Crippen LogP contribution < -0.4 is 4.74 Å². The van der Waals surface area contributed by atoms with E-state index in [9.17, 15) is 5.11 Å². The number of rotatable bonds is 5. The molecule has 0 aliphatic carbocycles. The molecule has 2 aromatic rings. The molecule has 1 unspecified atom stereocenters. The van der Waals surface area contributed by atoms with Crippen LogP contribution in [0.4, 0.5) is 0 Å². The summed E-state index contributed by atoms with van der Waals surface area (Å²) in [4.78, 5) is 0. The maximum Gasteiger partial charge on any atom is 0.122 e. The molecule has 2 nitrogen and oxygen atoms in total. The number of para-hydroxylation sites is 1. The Balaban J connectivity index is 2.04. The molecular formula is C16H17ClO2. The van der Waals surface area contributed by atoms with Crippen molar-refractivity contribution in [1.82, 2.24) is 0 Å². The maximum absolute atomic E-state index is 9.48. The Bertz CT molecular complexity index is 523. The van der Waals surface area contributed by atoms with E-state index in [1.54, 1.807) is 0 Å². The van der Waals surface area contributed by atoms with Crippen LogP contribution >= 0.6 is 11.6 Å². The maximum atomic E-state index is 9.48. The smallest absolute Gasteiger partial charge is 0.122 e. The molecule has 100 valence electrons. The van der Waals surface area contributed by atoms with Crippen LogP contribution in [0.25, 0.3) is 0 Å². The van der Waals surface area contributed by atoms with E-state index in [-0.39, 0.29) is 12.5 Å². The number of halogens is 1. The highest BCUT2D eigenvalue weighted by molar-refractivity contribution is 6.30. The third-order valence-corrected chi connectivity index (χ3v) is 3.35. The molecule has 0 bridgehead atoms. The minimum atomic E-state index is -0.0446. The Hall–Kier alpha value is -1.51. The average Bonchev–Trinajstić information content (AvgIpc) is 2.43. The Kier molecular flexibility index (Phi) is 4.83. The van der Waals surface area contributed by atoms with E-state index >= 15 is 0 Å². The standard InChI is InChI=1S/C16H17ClO2/c1-12-4-2-3-5-16(12)19-11-14(10-18)13-6-8-15(17)9-7-13/h2-9,14,18H,10-11H2,1H3. The number of aliphatic hydroxyl groups excluding tert-OH is 1. The van der Waals surface area contributed by atoms with Gasteiger partial charge in [0.1, 0.15) is 5.75 Å². The second kappa shape index (κ2) is 6.60. The minimum Gasteiger partial charge on any atom is -0.493 e. The highest BCUT2D eigenvalue weighted by Gasteiger charge is 2.12. The molecule has 0 fully saturated rings. The molecular weight excluding hydrogens is 260 g/mol. The van der Waals surface area contributed by atoms with Crippen molar-refractivity contribution in [3.8, 4) is 5.75 Å². The number of benzene rings is 2. The molecule has 0 saturated heterocycles. The molecule has 0 amide bonds. The molecule has 0 radical (unpaired) electrons. The summed E-state index contributed by atoms with van der Waals surface area (Å²) in [6, 6.07) is 15.4. The fourth-order valence-electron chi connectivity index (χ4n) is 1.90. The van der Waals surface area contributed by atoms with Crippen molar-refractivity contribution in [2.75, 3.05) is 13.2 Å². The molecule has 3 heteroatoms. The molecule has 1 N–H and O–H groups in total. The van der Waals surface area contributed by atoms with Crippen molar-refractivity contribution >= 4 is 11.6 Å². The quantitative estimate of drug-likeness (QED) is 0.900. The summed E-state index contributed by atoms with van der Waals surface area (Å²) >= 11 is 5.86. The summed E-state index contributed by atoms with van der Waals surface area (Å²) in [6.07, 6.45) is 0. The van der Waals surface area contributed by atoms with Gasteiger partial charge >= 0.3 is 0 Å². The van der Waals surface area contributed by atoms with Gasteiger partial charge in [0.2, 0.25) is 0 Å². The lowest BCUT2D eigenvalue weighted by atomic mass is 10.0. The lowest BCUT2D eigenvalue weighted by Gasteiger charge is -2.17. The SMILES string of the molecule is Cc1ccccc1OCC(CO)c1ccc(Cl)cc1. The van der Waals surface area contributed by atoms with Crippen LogP contribution in [0.5, 0.6) is 5.75 Å². The van der Waals surface area contributed by atoms with Crippen LogP contribution in [-0.4, -0.2) is 18.3 Å². The van der Waals surface area contributed by atoms with E-state index in [4.69, 9.17) is 16.3 Å². The van der Waals surface area contributed by atoms with E-state index in [2.05, 4.69) is 0 Å². The Labute approximate surface area is 118 Å². The van der Waals surface area contributed by atoms with E-state index < -0.39 is 0 Å². The summed E-state index contributed by atoms with van der Waals surface area (Å²) in [7, 11) is 0. The topological polar surface area (TPSA) is 29.5 Å². The second-order valence-electron chi connectivity index (χ2n) is 4.51. The summed E-state index contributed by atoms with van der Waals surface area (Å²) in [5.41, 5.74) is 2.12. The lowest BCUT2D eigenvalue weighted by molar-refractivity contribution is 0.204. The minimum absolute atomic E-state index is 0.0446. The molecule has 2 rings (SSSR count). The van der Waals surface area contributed by atoms with Gasteiger partial charge in [0.05, 0.1) is 13.2 Å². The highest BCUT2D eigenvalue weighted by Crippen LogP contribution is 2.22. The van der Waals surface area contributed by atoms with Crippen molar-refractivity contribution in [1.29, 1.82) is 0 Å². The third kappa shape index (κ3) is 3.72.